The molecule has 17 heavy (non-hydrogen) atoms. The van der Waals surface area contributed by atoms with Crippen LogP contribution in [0.15, 0.2) is 24.9 Å². The van der Waals surface area contributed by atoms with Crippen LogP contribution in [0.5, 0.6) is 0 Å². The number of aromatic nitrogens is 2. The second-order valence-electron chi connectivity index (χ2n) is 3.54. The minimum Gasteiger partial charge on any atom is -0.237 e. The van der Waals surface area contributed by atoms with E-state index in [9.17, 15) is 0 Å². The van der Waals surface area contributed by atoms with E-state index in [1.165, 1.54) is 0 Å². The van der Waals surface area contributed by atoms with Crippen LogP contribution in [0.2, 0.25) is 15.1 Å². The number of hydrogen-bond donors (Lipinski definition) is 0. The van der Waals surface area contributed by atoms with Crippen molar-refractivity contribution in [2.24, 2.45) is 0 Å². The number of nitrogens with zero attached hydrogens (tertiary/aromatic N) is 2. The molecule has 0 saturated heterocycles. The summed E-state index contributed by atoms with van der Waals surface area (Å²) >= 11 is 18.1. The highest BCUT2D eigenvalue weighted by Crippen LogP contribution is 2.32. The van der Waals surface area contributed by atoms with Crippen molar-refractivity contribution in [3.05, 3.63) is 51.2 Å². The maximum Gasteiger partial charge on any atom is 0.102 e. The van der Waals surface area contributed by atoms with Gasteiger partial charge in [0, 0.05) is 16.8 Å². The summed E-state index contributed by atoms with van der Waals surface area (Å²) in [5, 5.41) is 5.75. The molecule has 2 rings (SSSR count). The monoisotopic (exact) mass is 286 g/mol. The summed E-state index contributed by atoms with van der Waals surface area (Å²) in [6, 6.07) is 3.27. The minimum absolute atomic E-state index is 0.459. The summed E-state index contributed by atoms with van der Waals surface area (Å²) in [7, 11) is 0. The van der Waals surface area contributed by atoms with E-state index in [0.717, 1.165) is 11.3 Å². The molecule has 0 unspecified atom stereocenters. The summed E-state index contributed by atoms with van der Waals surface area (Å²) in [5.74, 6) is 0. The second kappa shape index (κ2) is 4.73. The molecule has 0 saturated carbocycles. The molecule has 0 bridgehead atoms. The lowest BCUT2D eigenvalue weighted by atomic mass is 10.3. The molecule has 1 aromatic carbocycles. The Labute approximate surface area is 114 Å². The third kappa shape index (κ3) is 2.34. The van der Waals surface area contributed by atoms with E-state index < -0.39 is 0 Å². The van der Waals surface area contributed by atoms with Gasteiger partial charge in [-0.25, -0.2) is 4.68 Å². The molecule has 88 valence electrons. The van der Waals surface area contributed by atoms with Gasteiger partial charge in [0.2, 0.25) is 0 Å². The van der Waals surface area contributed by atoms with Crippen molar-refractivity contribution in [1.82, 2.24) is 9.78 Å². The lowest BCUT2D eigenvalue weighted by molar-refractivity contribution is 0.863. The van der Waals surface area contributed by atoms with Crippen molar-refractivity contribution in [1.29, 1.82) is 0 Å². The highest BCUT2D eigenvalue weighted by molar-refractivity contribution is 6.40. The van der Waals surface area contributed by atoms with Crippen LogP contribution in [0.1, 0.15) is 11.3 Å². The van der Waals surface area contributed by atoms with Crippen molar-refractivity contribution < 1.29 is 0 Å². The van der Waals surface area contributed by atoms with Gasteiger partial charge in [-0.05, 0) is 19.1 Å². The Kier molecular flexibility index (Phi) is 3.48. The topological polar surface area (TPSA) is 17.8 Å². The Morgan fingerprint density at radius 2 is 1.82 bits per heavy atom. The molecule has 2 aromatic rings. The smallest absolute Gasteiger partial charge is 0.102 e. The molecule has 0 spiro atoms. The number of halogens is 3. The lowest BCUT2D eigenvalue weighted by Crippen LogP contribution is -1.97. The first-order chi connectivity index (χ1) is 8.02. The molecule has 0 radical (unpaired) electrons. The molecular formula is C12H9Cl3N2. The van der Waals surface area contributed by atoms with Gasteiger partial charge >= 0.3 is 0 Å². The zero-order chi connectivity index (χ0) is 12.6. The van der Waals surface area contributed by atoms with Gasteiger partial charge in [-0.1, -0.05) is 47.5 Å². The van der Waals surface area contributed by atoms with Crippen molar-refractivity contribution in [2.75, 3.05) is 0 Å². The van der Waals surface area contributed by atoms with Crippen LogP contribution in [0, 0.1) is 6.92 Å². The zero-order valence-electron chi connectivity index (χ0n) is 9.04. The molecule has 0 aliphatic heterocycles. The van der Waals surface area contributed by atoms with E-state index in [4.69, 9.17) is 34.8 Å². The van der Waals surface area contributed by atoms with E-state index in [-0.39, 0.29) is 0 Å². The van der Waals surface area contributed by atoms with E-state index in [2.05, 4.69) is 11.7 Å². The van der Waals surface area contributed by atoms with E-state index in [0.29, 0.717) is 20.8 Å². The van der Waals surface area contributed by atoms with Gasteiger partial charge < -0.3 is 0 Å². The van der Waals surface area contributed by atoms with E-state index in [1.807, 2.05) is 13.1 Å². The maximum absolute atomic E-state index is 6.12. The Hall–Kier alpha value is -0.960. The molecule has 0 atom stereocenters. The van der Waals surface area contributed by atoms with Crippen molar-refractivity contribution in [2.45, 2.75) is 6.92 Å². The normalized spacial score (nSPS) is 10.6. The summed E-state index contributed by atoms with van der Waals surface area (Å²) in [4.78, 5) is 0. The van der Waals surface area contributed by atoms with Crippen LogP contribution in [-0.2, 0) is 0 Å². The SMILES string of the molecule is C=Cc1cn(-c2c(Cl)cc(Cl)cc2Cl)nc1C. The summed E-state index contributed by atoms with van der Waals surface area (Å²) in [6.45, 7) is 5.61. The first-order valence-electron chi connectivity index (χ1n) is 4.86. The van der Waals surface area contributed by atoms with Gasteiger partial charge in [0.25, 0.3) is 0 Å². The molecular weight excluding hydrogens is 279 g/mol. The lowest BCUT2D eigenvalue weighted by Gasteiger charge is -2.07. The molecule has 0 aliphatic carbocycles. The van der Waals surface area contributed by atoms with E-state index >= 15 is 0 Å². The summed E-state index contributed by atoms with van der Waals surface area (Å²) in [6.07, 6.45) is 3.56. The highest BCUT2D eigenvalue weighted by atomic mass is 35.5. The highest BCUT2D eigenvalue weighted by Gasteiger charge is 2.12. The molecule has 0 aliphatic rings. The minimum atomic E-state index is 0.459. The fourth-order valence-electron chi connectivity index (χ4n) is 1.54. The number of hydrogen-bond acceptors (Lipinski definition) is 1. The van der Waals surface area contributed by atoms with Gasteiger partial charge in [-0.2, -0.15) is 5.10 Å². The molecule has 5 heteroatoms. The van der Waals surface area contributed by atoms with Gasteiger partial charge in [0.05, 0.1) is 15.7 Å². The number of benzene rings is 1. The van der Waals surface area contributed by atoms with Gasteiger partial charge in [-0.15, -0.1) is 0 Å². The fourth-order valence-corrected chi connectivity index (χ4v) is 2.53. The fraction of sp³-hybridized carbons (Fsp3) is 0.0833. The number of aryl methyl sites for hydroxylation is 1. The third-order valence-electron chi connectivity index (χ3n) is 2.37. The maximum atomic E-state index is 6.12. The van der Waals surface area contributed by atoms with Crippen molar-refractivity contribution in [3.8, 4) is 5.69 Å². The predicted octanol–water partition coefficient (Wildman–Crippen LogP) is 4.78. The predicted molar refractivity (Wildman–Crippen MR) is 73.4 cm³/mol. The van der Waals surface area contributed by atoms with Gasteiger partial charge in [0.15, 0.2) is 0 Å². The molecule has 1 aromatic heterocycles. The molecule has 0 N–H and O–H groups in total. The number of rotatable bonds is 2. The molecule has 1 heterocycles. The Morgan fingerprint density at radius 3 is 2.29 bits per heavy atom. The van der Waals surface area contributed by atoms with Crippen LogP contribution in [0.4, 0.5) is 0 Å². The van der Waals surface area contributed by atoms with Crippen LogP contribution < -0.4 is 0 Å². The average Bonchev–Trinajstić information content (AvgIpc) is 2.57. The Balaban J connectivity index is 2.64. The molecule has 0 amide bonds. The van der Waals surface area contributed by atoms with Crippen LogP contribution >= 0.6 is 34.8 Å². The Bertz CT molecular complexity index is 564. The molecule has 2 nitrogen and oxygen atoms in total. The Morgan fingerprint density at radius 1 is 1.24 bits per heavy atom. The largest absolute Gasteiger partial charge is 0.237 e. The van der Waals surface area contributed by atoms with Gasteiger partial charge in [-0.3, -0.25) is 0 Å². The average molecular weight is 288 g/mol. The van der Waals surface area contributed by atoms with Gasteiger partial charge in [0.1, 0.15) is 5.69 Å². The summed E-state index contributed by atoms with van der Waals surface area (Å²) < 4.78 is 1.63. The quantitative estimate of drug-likeness (QED) is 0.777. The third-order valence-corrected chi connectivity index (χ3v) is 3.16. The van der Waals surface area contributed by atoms with Crippen LogP contribution in [-0.4, -0.2) is 9.78 Å². The van der Waals surface area contributed by atoms with Crippen molar-refractivity contribution in [3.63, 3.8) is 0 Å². The first-order valence-corrected chi connectivity index (χ1v) is 6.00. The summed E-state index contributed by atoms with van der Waals surface area (Å²) in [5.41, 5.74) is 2.42. The second-order valence-corrected chi connectivity index (χ2v) is 4.79. The standard InChI is InChI=1S/C12H9Cl3N2/c1-3-8-6-17(16-7(8)2)12-10(14)4-9(13)5-11(12)15/h3-6H,1H2,2H3. The van der Waals surface area contributed by atoms with Crippen LogP contribution in [0.25, 0.3) is 11.8 Å². The zero-order valence-corrected chi connectivity index (χ0v) is 11.3. The molecule has 0 fully saturated rings. The van der Waals surface area contributed by atoms with Crippen molar-refractivity contribution >= 4 is 40.9 Å². The first kappa shape index (κ1) is 12.5. The van der Waals surface area contributed by atoms with E-state index in [1.54, 1.807) is 22.9 Å². The van der Waals surface area contributed by atoms with Crippen LogP contribution in [0.3, 0.4) is 0 Å².